The second kappa shape index (κ2) is 6.71. The van der Waals surface area contributed by atoms with Gasteiger partial charge in [0.2, 0.25) is 0 Å². The van der Waals surface area contributed by atoms with E-state index in [1.54, 1.807) is 12.0 Å². The molecule has 1 aliphatic heterocycles. The van der Waals surface area contributed by atoms with Gasteiger partial charge in [-0.15, -0.1) is 0 Å². The van der Waals surface area contributed by atoms with Gasteiger partial charge < -0.3 is 15.0 Å². The van der Waals surface area contributed by atoms with Crippen LogP contribution < -0.4 is 5.32 Å². The van der Waals surface area contributed by atoms with Crippen LogP contribution in [0.25, 0.3) is 0 Å². The third kappa shape index (κ3) is 3.39. The highest BCUT2D eigenvalue weighted by Gasteiger charge is 2.29. The van der Waals surface area contributed by atoms with E-state index in [2.05, 4.69) is 12.2 Å². The van der Waals surface area contributed by atoms with E-state index in [0.29, 0.717) is 24.6 Å². The number of hydrogen-bond acceptors (Lipinski definition) is 3. The van der Waals surface area contributed by atoms with Crippen LogP contribution in [0.3, 0.4) is 0 Å². The number of rotatable bonds is 2. The number of aryl methyl sites for hydroxylation is 1. The van der Waals surface area contributed by atoms with Crippen LogP contribution in [0.5, 0.6) is 0 Å². The Morgan fingerprint density at radius 2 is 2.17 bits per heavy atom. The number of carbonyl (C=O) groups excluding carboxylic acids is 2. The van der Waals surface area contributed by atoms with Gasteiger partial charge >= 0.3 is 6.03 Å². The quantitative estimate of drug-likeness (QED) is 0.912. The summed E-state index contributed by atoms with van der Waals surface area (Å²) in [6.45, 7) is 3.49. The molecule has 0 aromatic heterocycles. The topological polar surface area (TPSA) is 58.6 Å². The fourth-order valence-electron chi connectivity index (χ4n) is 3.43. The smallest absolute Gasteiger partial charge is 0.321 e. The number of Topliss-reactive ketones (excluding diaryl/α,β-unsaturated/α-hetero) is 1. The molecule has 5 heteroatoms. The number of benzene rings is 1. The Kier molecular flexibility index (Phi) is 4.66. The van der Waals surface area contributed by atoms with Gasteiger partial charge in [0.1, 0.15) is 0 Å². The molecule has 1 aromatic carbocycles. The summed E-state index contributed by atoms with van der Waals surface area (Å²) in [7, 11) is 1.69. The number of piperidine rings is 1. The maximum absolute atomic E-state index is 12.5. The van der Waals surface area contributed by atoms with Crippen molar-refractivity contribution in [1.82, 2.24) is 4.90 Å². The first-order chi connectivity index (χ1) is 11.1. The number of methoxy groups -OCH3 is 1. The average molecular weight is 316 g/mol. The van der Waals surface area contributed by atoms with E-state index < -0.39 is 0 Å². The molecule has 2 unspecified atom stereocenters. The Morgan fingerprint density at radius 3 is 2.96 bits per heavy atom. The maximum atomic E-state index is 12.5. The number of anilines is 1. The molecule has 5 nitrogen and oxygen atoms in total. The van der Waals surface area contributed by atoms with Gasteiger partial charge in [-0.2, -0.15) is 0 Å². The maximum Gasteiger partial charge on any atom is 0.321 e. The van der Waals surface area contributed by atoms with Crippen molar-refractivity contribution in [2.45, 2.75) is 38.7 Å². The lowest BCUT2D eigenvalue weighted by Crippen LogP contribution is -2.48. The summed E-state index contributed by atoms with van der Waals surface area (Å²) >= 11 is 0. The molecule has 23 heavy (non-hydrogen) atoms. The Morgan fingerprint density at radius 1 is 1.35 bits per heavy atom. The minimum atomic E-state index is -0.123. The molecule has 3 rings (SSSR count). The Bertz CT molecular complexity index is 614. The molecule has 0 spiro atoms. The summed E-state index contributed by atoms with van der Waals surface area (Å²) in [5.41, 5.74) is 2.54. The van der Waals surface area contributed by atoms with Crippen molar-refractivity contribution in [3.8, 4) is 0 Å². The lowest BCUT2D eigenvalue weighted by molar-refractivity contribution is 0.00896. The summed E-state index contributed by atoms with van der Waals surface area (Å²) < 4.78 is 5.46. The molecule has 0 radical (unpaired) electrons. The fourth-order valence-corrected chi connectivity index (χ4v) is 3.43. The zero-order valence-electron chi connectivity index (χ0n) is 13.8. The van der Waals surface area contributed by atoms with Gasteiger partial charge in [-0.05, 0) is 42.9 Å². The fraction of sp³-hybridized carbons (Fsp3) is 0.556. The van der Waals surface area contributed by atoms with Crippen LogP contribution in [0.4, 0.5) is 10.5 Å². The van der Waals surface area contributed by atoms with Crippen LogP contribution in [-0.2, 0) is 11.2 Å². The minimum Gasteiger partial charge on any atom is -0.379 e. The van der Waals surface area contributed by atoms with E-state index in [4.69, 9.17) is 4.74 Å². The van der Waals surface area contributed by atoms with E-state index in [0.717, 1.165) is 36.9 Å². The van der Waals surface area contributed by atoms with Gasteiger partial charge in [0.15, 0.2) is 5.78 Å². The van der Waals surface area contributed by atoms with Crippen molar-refractivity contribution in [2.75, 3.05) is 25.5 Å². The van der Waals surface area contributed by atoms with E-state index >= 15 is 0 Å². The first-order valence-corrected chi connectivity index (χ1v) is 8.33. The van der Waals surface area contributed by atoms with E-state index in [1.165, 1.54) is 0 Å². The molecular weight excluding hydrogens is 292 g/mol. The lowest BCUT2D eigenvalue weighted by Gasteiger charge is -2.36. The molecule has 1 N–H and O–H groups in total. The Hall–Kier alpha value is -1.88. The molecule has 2 atom stereocenters. The molecule has 124 valence electrons. The van der Waals surface area contributed by atoms with Crippen molar-refractivity contribution in [3.05, 3.63) is 29.3 Å². The normalized spacial score (nSPS) is 24.3. The zero-order chi connectivity index (χ0) is 16.4. The number of amides is 2. The van der Waals surface area contributed by atoms with Crippen LogP contribution in [-0.4, -0.2) is 43.0 Å². The van der Waals surface area contributed by atoms with Crippen LogP contribution in [0, 0.1) is 5.92 Å². The summed E-state index contributed by atoms with van der Waals surface area (Å²) in [4.78, 5) is 26.3. The highest BCUT2D eigenvalue weighted by molar-refractivity contribution is 6.00. The third-order valence-electron chi connectivity index (χ3n) is 4.99. The summed E-state index contributed by atoms with van der Waals surface area (Å²) in [5, 5.41) is 2.92. The van der Waals surface area contributed by atoms with Gasteiger partial charge in [-0.3, -0.25) is 4.79 Å². The van der Waals surface area contributed by atoms with E-state index in [9.17, 15) is 9.59 Å². The monoisotopic (exact) mass is 316 g/mol. The number of ketones is 1. The number of nitrogens with one attached hydrogen (secondary N) is 1. The summed E-state index contributed by atoms with van der Waals surface area (Å²) in [6.07, 6.45) is 3.48. The highest BCUT2D eigenvalue weighted by atomic mass is 16.5. The standard InChI is InChI=1S/C18H24N2O3/c1-12-8-9-20(11-17(12)23-2)18(22)19-14-7-6-13-4-3-5-16(21)15(13)10-14/h6-7,10,12,17H,3-5,8-9,11H2,1-2H3,(H,19,22). The number of carbonyl (C=O) groups is 2. The lowest BCUT2D eigenvalue weighted by atomic mass is 9.90. The second-order valence-electron chi connectivity index (χ2n) is 6.56. The van der Waals surface area contributed by atoms with Crippen molar-refractivity contribution >= 4 is 17.5 Å². The first kappa shape index (κ1) is 16.0. The summed E-state index contributed by atoms with van der Waals surface area (Å²) in [5.74, 6) is 0.638. The predicted molar refractivity (Wildman–Crippen MR) is 88.9 cm³/mol. The van der Waals surface area contributed by atoms with Gasteiger partial charge in [-0.1, -0.05) is 13.0 Å². The third-order valence-corrected chi connectivity index (χ3v) is 4.99. The molecule has 2 aliphatic rings. The Balaban J connectivity index is 1.68. The van der Waals surface area contributed by atoms with Gasteiger partial charge in [0.25, 0.3) is 0 Å². The SMILES string of the molecule is COC1CN(C(=O)Nc2ccc3c(c2)C(=O)CCC3)CCC1C. The molecule has 1 saturated heterocycles. The van der Waals surface area contributed by atoms with Gasteiger partial charge in [0.05, 0.1) is 6.10 Å². The van der Waals surface area contributed by atoms with Crippen molar-refractivity contribution < 1.29 is 14.3 Å². The molecule has 0 bridgehead atoms. The zero-order valence-corrected chi connectivity index (χ0v) is 13.8. The largest absolute Gasteiger partial charge is 0.379 e. The van der Waals surface area contributed by atoms with E-state index in [1.807, 2.05) is 18.2 Å². The highest BCUT2D eigenvalue weighted by Crippen LogP contribution is 2.25. The van der Waals surface area contributed by atoms with Crippen LogP contribution >= 0.6 is 0 Å². The molecule has 1 aromatic rings. The molecule has 1 heterocycles. The van der Waals surface area contributed by atoms with Crippen molar-refractivity contribution in [3.63, 3.8) is 0 Å². The minimum absolute atomic E-state index is 0.0830. The molecule has 0 saturated carbocycles. The number of fused-ring (bicyclic) bond motifs is 1. The number of urea groups is 1. The number of nitrogens with zero attached hydrogens (tertiary/aromatic N) is 1. The van der Waals surface area contributed by atoms with Crippen LogP contribution in [0.2, 0.25) is 0 Å². The van der Waals surface area contributed by atoms with Crippen molar-refractivity contribution in [2.24, 2.45) is 5.92 Å². The predicted octanol–water partition coefficient (Wildman–Crippen LogP) is 3.09. The molecule has 1 aliphatic carbocycles. The molecule has 1 fully saturated rings. The first-order valence-electron chi connectivity index (χ1n) is 8.33. The van der Waals surface area contributed by atoms with Gasteiger partial charge in [-0.25, -0.2) is 4.79 Å². The van der Waals surface area contributed by atoms with Crippen LogP contribution in [0.15, 0.2) is 18.2 Å². The van der Waals surface area contributed by atoms with Crippen LogP contribution in [0.1, 0.15) is 42.1 Å². The Labute approximate surface area is 137 Å². The van der Waals surface area contributed by atoms with E-state index in [-0.39, 0.29) is 17.9 Å². The second-order valence-corrected chi connectivity index (χ2v) is 6.56. The average Bonchev–Trinajstić information content (AvgIpc) is 2.56. The van der Waals surface area contributed by atoms with Crippen molar-refractivity contribution in [1.29, 1.82) is 0 Å². The number of ether oxygens (including phenoxy) is 1. The van der Waals surface area contributed by atoms with Gasteiger partial charge in [0, 0.05) is 37.9 Å². The molecule has 2 amide bonds. The summed E-state index contributed by atoms with van der Waals surface area (Å²) in [6, 6.07) is 5.53. The number of hydrogen-bond donors (Lipinski definition) is 1. The number of likely N-dealkylation sites (tertiary alicyclic amines) is 1. The molecular formula is C18H24N2O3.